The molecule has 6 nitrogen and oxygen atoms in total. The number of benzene rings is 1. The molecule has 0 amide bonds. The maximum absolute atomic E-state index is 14.3. The third-order valence-electron chi connectivity index (χ3n) is 3.66. The number of sulfone groups is 1. The largest absolute Gasteiger partial charge is 0.388 e. The molecule has 8 heteroatoms. The summed E-state index contributed by atoms with van der Waals surface area (Å²) >= 11 is 0. The number of pyridine rings is 1. The van der Waals surface area contributed by atoms with Crippen molar-refractivity contribution in [3.05, 3.63) is 53.7 Å². The zero-order chi connectivity index (χ0) is 18.2. The average molecular weight is 362 g/mol. The lowest BCUT2D eigenvalue weighted by atomic mass is 10.0. The number of aryl methyl sites for hydroxylation is 1. The van der Waals surface area contributed by atoms with Crippen LogP contribution in [0.25, 0.3) is 22.5 Å². The summed E-state index contributed by atoms with van der Waals surface area (Å²) in [6, 6.07) is 9.04. The molecule has 3 rings (SSSR count). The number of aliphatic hydroxyl groups excluding tert-OH is 1. The second-order valence-electron chi connectivity index (χ2n) is 5.57. The van der Waals surface area contributed by atoms with E-state index in [1.54, 1.807) is 12.1 Å². The molecule has 0 saturated heterocycles. The van der Waals surface area contributed by atoms with Crippen LogP contribution in [0, 0.1) is 12.7 Å². The second-order valence-corrected chi connectivity index (χ2v) is 7.55. The normalized spacial score (nSPS) is 11.7. The Bertz CT molecular complexity index is 1040. The number of aliphatic hydroxyl groups is 1. The molecule has 2 aromatic heterocycles. The predicted octanol–water partition coefficient (Wildman–Crippen LogP) is 2.75. The lowest BCUT2D eigenvalue weighted by Crippen LogP contribution is -2.01. The minimum Gasteiger partial charge on any atom is -0.388 e. The van der Waals surface area contributed by atoms with Gasteiger partial charge in [-0.3, -0.25) is 4.98 Å². The molecular weight excluding hydrogens is 347 g/mol. The van der Waals surface area contributed by atoms with Crippen LogP contribution in [0.2, 0.25) is 0 Å². The van der Waals surface area contributed by atoms with Crippen molar-refractivity contribution in [1.82, 2.24) is 10.1 Å². The van der Waals surface area contributed by atoms with Gasteiger partial charge in [-0.05, 0) is 36.8 Å². The molecule has 0 aliphatic rings. The van der Waals surface area contributed by atoms with E-state index in [1.165, 1.54) is 12.1 Å². The zero-order valence-electron chi connectivity index (χ0n) is 13.5. The molecule has 0 atom stereocenters. The fraction of sp³-hybridized carbons (Fsp3) is 0.176. The molecule has 130 valence electrons. The number of rotatable bonds is 4. The second kappa shape index (κ2) is 6.38. The number of hydrogen-bond donors (Lipinski definition) is 1. The van der Waals surface area contributed by atoms with Crippen LogP contribution < -0.4 is 0 Å². The molecule has 0 radical (unpaired) electrons. The van der Waals surface area contributed by atoms with Gasteiger partial charge in [0.15, 0.2) is 15.6 Å². The van der Waals surface area contributed by atoms with E-state index in [4.69, 9.17) is 4.52 Å². The van der Waals surface area contributed by atoms with Crippen LogP contribution in [-0.2, 0) is 16.4 Å². The predicted molar refractivity (Wildman–Crippen MR) is 88.9 cm³/mol. The van der Waals surface area contributed by atoms with E-state index in [0.29, 0.717) is 22.5 Å². The number of nitrogens with zero attached hydrogens (tertiary/aromatic N) is 2. The molecule has 0 saturated carbocycles. The Labute approximate surface area is 143 Å². The Morgan fingerprint density at radius 2 is 2.00 bits per heavy atom. The molecule has 0 aliphatic carbocycles. The van der Waals surface area contributed by atoms with Gasteiger partial charge in [0.2, 0.25) is 0 Å². The van der Waals surface area contributed by atoms with Crippen LogP contribution >= 0.6 is 0 Å². The van der Waals surface area contributed by atoms with E-state index >= 15 is 0 Å². The van der Waals surface area contributed by atoms with E-state index in [1.807, 2.05) is 13.0 Å². The minimum absolute atomic E-state index is 0.143. The summed E-state index contributed by atoms with van der Waals surface area (Å²) in [5.74, 6) is -0.738. The van der Waals surface area contributed by atoms with Crippen LogP contribution in [0.4, 0.5) is 4.39 Å². The van der Waals surface area contributed by atoms with Gasteiger partial charge in [0.05, 0.1) is 11.3 Å². The standard InChI is InChI=1S/C17H15FN2O4S/c1-10-4-3-5-13(19-10)17-16(14(9-21)24-20-17)11-6-7-15(12(18)8-11)25(2,22)23/h3-8,21H,9H2,1-2H3. The SMILES string of the molecule is Cc1cccc(-c2noc(CO)c2-c2ccc(S(C)(=O)=O)c(F)c2)n1. The van der Waals surface area contributed by atoms with E-state index < -0.39 is 27.2 Å². The van der Waals surface area contributed by atoms with Crippen LogP contribution in [-0.4, -0.2) is 29.9 Å². The van der Waals surface area contributed by atoms with Gasteiger partial charge in [-0.2, -0.15) is 0 Å². The van der Waals surface area contributed by atoms with Gasteiger partial charge in [-0.15, -0.1) is 0 Å². The Morgan fingerprint density at radius 3 is 2.60 bits per heavy atom. The van der Waals surface area contributed by atoms with Gasteiger partial charge in [-0.1, -0.05) is 17.3 Å². The maximum atomic E-state index is 14.3. The van der Waals surface area contributed by atoms with Crippen molar-refractivity contribution in [2.45, 2.75) is 18.4 Å². The monoisotopic (exact) mass is 362 g/mol. The molecule has 0 aliphatic heterocycles. The first kappa shape index (κ1) is 17.2. The van der Waals surface area contributed by atoms with Crippen LogP contribution in [0.15, 0.2) is 45.8 Å². The summed E-state index contributed by atoms with van der Waals surface area (Å²) in [5.41, 5.74) is 2.33. The molecule has 1 aromatic carbocycles. The van der Waals surface area contributed by atoms with Crippen molar-refractivity contribution in [3.63, 3.8) is 0 Å². The van der Waals surface area contributed by atoms with Gasteiger partial charge < -0.3 is 9.63 Å². The van der Waals surface area contributed by atoms with Crippen molar-refractivity contribution >= 4 is 9.84 Å². The number of halogens is 1. The first-order valence-electron chi connectivity index (χ1n) is 7.34. The van der Waals surface area contributed by atoms with E-state index in [9.17, 15) is 17.9 Å². The summed E-state index contributed by atoms with van der Waals surface area (Å²) in [7, 11) is -3.68. The van der Waals surface area contributed by atoms with Crippen LogP contribution in [0.5, 0.6) is 0 Å². The number of hydrogen-bond acceptors (Lipinski definition) is 6. The van der Waals surface area contributed by atoms with E-state index in [2.05, 4.69) is 10.1 Å². The highest BCUT2D eigenvalue weighted by molar-refractivity contribution is 7.90. The fourth-order valence-corrected chi connectivity index (χ4v) is 3.26. The van der Waals surface area contributed by atoms with Gasteiger partial charge in [-0.25, -0.2) is 12.8 Å². The molecule has 0 bridgehead atoms. The Balaban J connectivity index is 2.21. The molecular formula is C17H15FN2O4S. The first-order valence-corrected chi connectivity index (χ1v) is 9.24. The quantitative estimate of drug-likeness (QED) is 0.767. The van der Waals surface area contributed by atoms with E-state index in [0.717, 1.165) is 18.0 Å². The Hall–Kier alpha value is -2.58. The molecule has 1 N–H and O–H groups in total. The average Bonchev–Trinajstić information content (AvgIpc) is 2.97. The molecule has 25 heavy (non-hydrogen) atoms. The van der Waals surface area contributed by atoms with Gasteiger partial charge in [0.1, 0.15) is 23.0 Å². The summed E-state index contributed by atoms with van der Waals surface area (Å²) in [6.45, 7) is 1.38. The minimum atomic E-state index is -3.68. The van der Waals surface area contributed by atoms with Crippen LogP contribution in [0.3, 0.4) is 0 Å². The van der Waals surface area contributed by atoms with Crippen molar-refractivity contribution in [2.75, 3.05) is 6.26 Å². The van der Waals surface area contributed by atoms with Gasteiger partial charge in [0, 0.05) is 11.9 Å². The number of aromatic nitrogens is 2. The highest BCUT2D eigenvalue weighted by Gasteiger charge is 2.22. The summed E-state index contributed by atoms with van der Waals surface area (Å²) in [5, 5.41) is 13.4. The highest BCUT2D eigenvalue weighted by Crippen LogP contribution is 2.35. The third kappa shape index (κ3) is 3.31. The zero-order valence-corrected chi connectivity index (χ0v) is 14.3. The topological polar surface area (TPSA) is 93.3 Å². The van der Waals surface area contributed by atoms with Crippen molar-refractivity contribution < 1.29 is 22.4 Å². The molecule has 2 heterocycles. The van der Waals surface area contributed by atoms with Crippen molar-refractivity contribution in [3.8, 4) is 22.5 Å². The Morgan fingerprint density at radius 1 is 1.24 bits per heavy atom. The van der Waals surface area contributed by atoms with Crippen molar-refractivity contribution in [1.29, 1.82) is 0 Å². The lowest BCUT2D eigenvalue weighted by Gasteiger charge is -2.07. The Kier molecular flexibility index (Phi) is 4.40. The van der Waals surface area contributed by atoms with Crippen LogP contribution in [0.1, 0.15) is 11.5 Å². The molecule has 3 aromatic rings. The first-order chi connectivity index (χ1) is 11.8. The van der Waals surface area contributed by atoms with Crippen molar-refractivity contribution in [2.24, 2.45) is 0 Å². The summed E-state index contributed by atoms with van der Waals surface area (Å²) in [6.07, 6.45) is 0.936. The summed E-state index contributed by atoms with van der Waals surface area (Å²) < 4.78 is 42.6. The van der Waals surface area contributed by atoms with Gasteiger partial charge >= 0.3 is 0 Å². The smallest absolute Gasteiger partial charge is 0.178 e. The highest BCUT2D eigenvalue weighted by atomic mass is 32.2. The fourth-order valence-electron chi connectivity index (χ4n) is 2.54. The molecule has 0 spiro atoms. The molecule has 0 unspecified atom stereocenters. The molecule has 0 fully saturated rings. The third-order valence-corrected chi connectivity index (χ3v) is 4.79. The van der Waals surface area contributed by atoms with Gasteiger partial charge in [0.25, 0.3) is 0 Å². The lowest BCUT2D eigenvalue weighted by molar-refractivity contribution is 0.230. The van der Waals surface area contributed by atoms with E-state index in [-0.39, 0.29) is 5.76 Å². The maximum Gasteiger partial charge on any atom is 0.178 e. The summed E-state index contributed by atoms with van der Waals surface area (Å²) in [4.78, 5) is 3.97.